The van der Waals surface area contributed by atoms with E-state index in [9.17, 15) is 0 Å². The topological polar surface area (TPSA) is 0 Å². The van der Waals surface area contributed by atoms with Crippen molar-refractivity contribution < 1.29 is 0 Å². The van der Waals surface area contributed by atoms with Crippen molar-refractivity contribution in [3.63, 3.8) is 0 Å². The van der Waals surface area contributed by atoms with Gasteiger partial charge in [-0.2, -0.15) is 0 Å². The van der Waals surface area contributed by atoms with Crippen LogP contribution in [0.1, 0.15) is 26.7 Å². The number of hydrogen-bond acceptors (Lipinski definition) is 0. The van der Waals surface area contributed by atoms with Crippen molar-refractivity contribution >= 4 is 23.2 Å². The molecule has 0 atom stereocenters. The summed E-state index contributed by atoms with van der Waals surface area (Å²) >= 11 is 0.103. The van der Waals surface area contributed by atoms with Gasteiger partial charge in [-0.3, -0.25) is 0 Å². The molecule has 0 aliphatic heterocycles. The summed E-state index contributed by atoms with van der Waals surface area (Å²) in [4.78, 5) is 0. The molecule has 0 saturated carbocycles. The van der Waals surface area contributed by atoms with Crippen molar-refractivity contribution in [2.45, 2.75) is 34.9 Å². The fraction of sp³-hybridized carbons (Fsp3) is 1.00. The Bertz CT molecular complexity index is 23.4. The Kier molecular flexibility index (Phi) is 7.75. The molecule has 0 aliphatic carbocycles. The molecule has 0 heterocycles. The molecule has 0 amide bonds. The van der Waals surface area contributed by atoms with Gasteiger partial charge < -0.3 is 0 Å². The van der Waals surface area contributed by atoms with E-state index in [1.54, 1.807) is 8.26 Å². The van der Waals surface area contributed by atoms with Crippen LogP contribution < -0.4 is 0 Å². The number of hydrogen-bond donors (Lipinski definition) is 0. The molecule has 0 nitrogen and oxygen atoms in total. The van der Waals surface area contributed by atoms with Gasteiger partial charge in [0.15, 0.2) is 0 Å². The fourth-order valence-corrected chi connectivity index (χ4v) is 3.76. The second-order valence-corrected chi connectivity index (χ2v) is 6.89. The Labute approximate surface area is 58.3 Å². The standard InChI is InChI=1S/2C3H7.Bi/c2*1-3-2;/h2*1,3H2,2H3;/q;;+1. The normalized spacial score (nSPS) is 9.43. The molecule has 1 heteroatoms. The van der Waals surface area contributed by atoms with Gasteiger partial charge in [0.25, 0.3) is 0 Å². The first-order valence-corrected chi connectivity index (χ1v) is 7.96. The molecule has 0 saturated heterocycles. The molecule has 0 bridgehead atoms. The zero-order chi connectivity index (χ0) is 5.54. The van der Waals surface area contributed by atoms with Crippen molar-refractivity contribution in [1.82, 2.24) is 0 Å². The molecule has 2 radical (unpaired) electrons. The van der Waals surface area contributed by atoms with Gasteiger partial charge in [-0.25, -0.2) is 0 Å². The van der Waals surface area contributed by atoms with Crippen LogP contribution in [0.2, 0.25) is 8.26 Å². The first-order chi connectivity index (χ1) is 3.41. The van der Waals surface area contributed by atoms with Crippen molar-refractivity contribution in [2.75, 3.05) is 0 Å². The molecule has 0 aromatic heterocycles. The van der Waals surface area contributed by atoms with E-state index in [0.717, 1.165) is 0 Å². The van der Waals surface area contributed by atoms with Crippen LogP contribution in [0, 0.1) is 0 Å². The van der Waals surface area contributed by atoms with E-state index in [4.69, 9.17) is 0 Å². The minimum absolute atomic E-state index is 0.103. The van der Waals surface area contributed by atoms with Crippen LogP contribution in [0.4, 0.5) is 0 Å². The molecule has 0 aromatic rings. The molecule has 0 spiro atoms. The summed E-state index contributed by atoms with van der Waals surface area (Å²) < 4.78 is 3.21. The van der Waals surface area contributed by atoms with Crippen molar-refractivity contribution in [1.29, 1.82) is 0 Å². The Balaban J connectivity index is 2.45. The molecule has 42 valence electrons. The molecule has 0 aliphatic rings. The van der Waals surface area contributed by atoms with E-state index in [0.29, 0.717) is 0 Å². The third-order valence-corrected chi connectivity index (χ3v) is 6.70. The van der Waals surface area contributed by atoms with Gasteiger partial charge in [-0.1, -0.05) is 0 Å². The molecule has 0 aromatic carbocycles. The zero-order valence-corrected chi connectivity index (χ0v) is 8.75. The van der Waals surface area contributed by atoms with Gasteiger partial charge >= 0.3 is 58.2 Å². The molecule has 0 rings (SSSR count). The van der Waals surface area contributed by atoms with Gasteiger partial charge in [0.1, 0.15) is 0 Å². The average molecular weight is 295 g/mol. The van der Waals surface area contributed by atoms with Crippen LogP contribution in [0.3, 0.4) is 0 Å². The van der Waals surface area contributed by atoms with Crippen LogP contribution >= 0.6 is 0 Å². The second kappa shape index (κ2) is 6.88. The Morgan fingerprint density at radius 2 is 1.43 bits per heavy atom. The third-order valence-electron chi connectivity index (χ3n) is 0.763. The monoisotopic (exact) mass is 295 g/mol. The molecule has 0 N–H and O–H groups in total. The fourth-order valence-electron chi connectivity index (χ4n) is 0.428. The Morgan fingerprint density at radius 1 is 1.00 bits per heavy atom. The van der Waals surface area contributed by atoms with E-state index in [1.165, 1.54) is 12.8 Å². The van der Waals surface area contributed by atoms with Gasteiger partial charge in [0.2, 0.25) is 0 Å². The van der Waals surface area contributed by atoms with Gasteiger partial charge in [-0.15, -0.1) is 0 Å². The van der Waals surface area contributed by atoms with Crippen LogP contribution in [0.5, 0.6) is 0 Å². The zero-order valence-electron chi connectivity index (χ0n) is 5.28. The maximum atomic E-state index is 2.29. The Hall–Kier alpha value is 0.883. The van der Waals surface area contributed by atoms with E-state index >= 15 is 0 Å². The molecular weight excluding hydrogens is 281 g/mol. The van der Waals surface area contributed by atoms with E-state index < -0.39 is 0 Å². The molecule has 0 unspecified atom stereocenters. The summed E-state index contributed by atoms with van der Waals surface area (Å²) in [6, 6.07) is 0. The van der Waals surface area contributed by atoms with Crippen molar-refractivity contribution in [2.24, 2.45) is 0 Å². The summed E-state index contributed by atoms with van der Waals surface area (Å²) in [5.41, 5.74) is 0. The average Bonchev–Trinajstić information content (AvgIpc) is 1.69. The van der Waals surface area contributed by atoms with Crippen LogP contribution in [0.25, 0.3) is 0 Å². The van der Waals surface area contributed by atoms with Crippen LogP contribution in [0.15, 0.2) is 0 Å². The maximum absolute atomic E-state index is 2.29. The minimum atomic E-state index is 0.103. The summed E-state index contributed by atoms with van der Waals surface area (Å²) in [6.07, 6.45) is 2.88. The summed E-state index contributed by atoms with van der Waals surface area (Å²) in [6.45, 7) is 4.58. The van der Waals surface area contributed by atoms with Crippen molar-refractivity contribution in [3.8, 4) is 0 Å². The van der Waals surface area contributed by atoms with E-state index in [1.807, 2.05) is 0 Å². The van der Waals surface area contributed by atoms with Crippen molar-refractivity contribution in [3.05, 3.63) is 0 Å². The van der Waals surface area contributed by atoms with Crippen LogP contribution in [-0.4, -0.2) is 23.2 Å². The third kappa shape index (κ3) is 6.88. The summed E-state index contributed by atoms with van der Waals surface area (Å²) in [5, 5.41) is 0. The predicted octanol–water partition coefficient (Wildman–Crippen LogP) is 2.35. The molecule has 0 fully saturated rings. The van der Waals surface area contributed by atoms with Gasteiger partial charge in [0, 0.05) is 0 Å². The molecule has 7 heavy (non-hydrogen) atoms. The van der Waals surface area contributed by atoms with E-state index in [2.05, 4.69) is 13.8 Å². The Morgan fingerprint density at radius 3 is 1.71 bits per heavy atom. The first-order valence-electron chi connectivity index (χ1n) is 3.05. The van der Waals surface area contributed by atoms with Gasteiger partial charge in [0.05, 0.1) is 0 Å². The summed E-state index contributed by atoms with van der Waals surface area (Å²) in [5.74, 6) is 0. The number of rotatable bonds is 4. The second-order valence-electron chi connectivity index (χ2n) is 1.67. The molecular formula is C6H14Bi+. The van der Waals surface area contributed by atoms with E-state index in [-0.39, 0.29) is 23.2 Å². The quantitative estimate of drug-likeness (QED) is 0.552. The SMILES string of the molecule is CC[CH2][Bi+][CH2]CC. The summed E-state index contributed by atoms with van der Waals surface area (Å²) in [7, 11) is 0. The predicted molar refractivity (Wildman–Crippen MR) is 35.9 cm³/mol. The van der Waals surface area contributed by atoms with Crippen LogP contribution in [-0.2, 0) is 0 Å². The van der Waals surface area contributed by atoms with Gasteiger partial charge in [-0.05, 0) is 0 Å². The first kappa shape index (κ1) is 7.88.